The van der Waals surface area contributed by atoms with Crippen molar-refractivity contribution in [2.45, 2.75) is 31.1 Å². The van der Waals surface area contributed by atoms with E-state index >= 15 is 0 Å². The standard InChI is InChI=1S/C5H9Cl/c1-5(6)3-2-4-5/h2-4H2,1H3. The topological polar surface area (TPSA) is 0 Å². The van der Waals surface area contributed by atoms with Crippen molar-refractivity contribution in [2.75, 3.05) is 0 Å². The van der Waals surface area contributed by atoms with Crippen LogP contribution in [-0.4, -0.2) is 4.87 Å². The van der Waals surface area contributed by atoms with Gasteiger partial charge in [0.2, 0.25) is 0 Å². The van der Waals surface area contributed by atoms with Gasteiger partial charge in [-0.1, -0.05) is 0 Å². The third kappa shape index (κ3) is 0.676. The van der Waals surface area contributed by atoms with Crippen molar-refractivity contribution in [1.82, 2.24) is 0 Å². The molecule has 1 saturated carbocycles. The average molecular weight is 105 g/mol. The molecule has 0 aromatic heterocycles. The molecule has 0 atom stereocenters. The zero-order valence-corrected chi connectivity index (χ0v) is 4.76. The summed E-state index contributed by atoms with van der Waals surface area (Å²) in [5.41, 5.74) is 0. The normalized spacial score (nSPS) is 29.0. The van der Waals surface area contributed by atoms with Crippen LogP contribution in [0.4, 0.5) is 0 Å². The fourth-order valence-electron chi connectivity index (χ4n) is 0.664. The SMILES string of the molecule is CC1(Cl)CCC1. The second-order valence-electron chi connectivity index (χ2n) is 2.27. The lowest BCUT2D eigenvalue weighted by Gasteiger charge is -2.30. The molecule has 1 heteroatoms. The summed E-state index contributed by atoms with van der Waals surface area (Å²) >= 11 is 5.80. The Bertz CT molecular complexity index is 51.0. The summed E-state index contributed by atoms with van der Waals surface area (Å²) in [6.45, 7) is 2.10. The van der Waals surface area contributed by atoms with Gasteiger partial charge in [-0.15, -0.1) is 11.6 Å². The van der Waals surface area contributed by atoms with Crippen LogP contribution in [0.1, 0.15) is 26.2 Å². The van der Waals surface area contributed by atoms with Gasteiger partial charge >= 0.3 is 0 Å². The molecule has 0 nitrogen and oxygen atoms in total. The van der Waals surface area contributed by atoms with E-state index in [-0.39, 0.29) is 4.87 Å². The van der Waals surface area contributed by atoms with Crippen LogP contribution < -0.4 is 0 Å². The van der Waals surface area contributed by atoms with Crippen LogP contribution in [0.3, 0.4) is 0 Å². The highest BCUT2D eigenvalue weighted by Crippen LogP contribution is 2.36. The Labute approximate surface area is 43.5 Å². The van der Waals surface area contributed by atoms with Crippen molar-refractivity contribution in [3.05, 3.63) is 0 Å². The molecule has 0 aromatic rings. The Morgan fingerprint density at radius 2 is 1.83 bits per heavy atom. The van der Waals surface area contributed by atoms with Gasteiger partial charge in [-0.05, 0) is 26.2 Å². The smallest absolute Gasteiger partial charge is 0.0418 e. The van der Waals surface area contributed by atoms with Crippen LogP contribution in [0, 0.1) is 0 Å². The second-order valence-corrected chi connectivity index (χ2v) is 3.18. The zero-order valence-electron chi connectivity index (χ0n) is 4.00. The summed E-state index contributed by atoms with van der Waals surface area (Å²) < 4.78 is 0. The minimum Gasteiger partial charge on any atom is -0.120 e. The minimum atomic E-state index is 0.194. The number of rotatable bonds is 0. The molecule has 0 bridgehead atoms. The van der Waals surface area contributed by atoms with E-state index in [0.717, 1.165) is 0 Å². The van der Waals surface area contributed by atoms with E-state index in [9.17, 15) is 0 Å². The van der Waals surface area contributed by atoms with Gasteiger partial charge in [0.1, 0.15) is 0 Å². The quantitative estimate of drug-likeness (QED) is 0.413. The van der Waals surface area contributed by atoms with Crippen molar-refractivity contribution in [3.8, 4) is 0 Å². The molecule has 0 spiro atoms. The lowest BCUT2D eigenvalue weighted by Crippen LogP contribution is -2.25. The molecule has 0 saturated heterocycles. The van der Waals surface area contributed by atoms with E-state index in [4.69, 9.17) is 11.6 Å². The molecule has 0 aliphatic heterocycles. The number of alkyl halides is 1. The minimum absolute atomic E-state index is 0.194. The van der Waals surface area contributed by atoms with Crippen molar-refractivity contribution in [2.24, 2.45) is 0 Å². The molecule has 1 rings (SSSR count). The highest BCUT2D eigenvalue weighted by atomic mass is 35.5. The summed E-state index contributed by atoms with van der Waals surface area (Å²) in [6.07, 6.45) is 3.77. The van der Waals surface area contributed by atoms with Gasteiger partial charge in [0, 0.05) is 4.87 Å². The Hall–Kier alpha value is 0.290. The van der Waals surface area contributed by atoms with Gasteiger partial charge in [-0.2, -0.15) is 0 Å². The van der Waals surface area contributed by atoms with Crippen molar-refractivity contribution < 1.29 is 0 Å². The fourth-order valence-corrected chi connectivity index (χ4v) is 0.931. The number of hydrogen-bond donors (Lipinski definition) is 0. The largest absolute Gasteiger partial charge is 0.120 e. The molecule has 0 amide bonds. The van der Waals surface area contributed by atoms with Crippen LogP contribution in [0.2, 0.25) is 0 Å². The van der Waals surface area contributed by atoms with Crippen LogP contribution in [0.5, 0.6) is 0 Å². The van der Waals surface area contributed by atoms with Crippen molar-refractivity contribution >= 4 is 11.6 Å². The van der Waals surface area contributed by atoms with Gasteiger partial charge < -0.3 is 0 Å². The lowest BCUT2D eigenvalue weighted by atomic mass is 9.86. The van der Waals surface area contributed by atoms with Gasteiger partial charge in [-0.3, -0.25) is 0 Å². The third-order valence-corrected chi connectivity index (χ3v) is 1.77. The van der Waals surface area contributed by atoms with Gasteiger partial charge in [-0.25, -0.2) is 0 Å². The van der Waals surface area contributed by atoms with Crippen molar-refractivity contribution in [3.63, 3.8) is 0 Å². The van der Waals surface area contributed by atoms with E-state index in [0.29, 0.717) is 0 Å². The molecule has 1 aliphatic rings. The first-order valence-electron chi connectivity index (χ1n) is 2.40. The molecular weight excluding hydrogens is 95.5 g/mol. The Morgan fingerprint density at radius 1 is 1.50 bits per heavy atom. The molecule has 0 N–H and O–H groups in total. The predicted molar refractivity (Wildman–Crippen MR) is 28.1 cm³/mol. The van der Waals surface area contributed by atoms with E-state index in [2.05, 4.69) is 6.92 Å². The Morgan fingerprint density at radius 3 is 1.83 bits per heavy atom. The van der Waals surface area contributed by atoms with Crippen molar-refractivity contribution in [1.29, 1.82) is 0 Å². The molecule has 0 aromatic carbocycles. The van der Waals surface area contributed by atoms with E-state index in [1.54, 1.807) is 0 Å². The summed E-state index contributed by atoms with van der Waals surface area (Å²) in [5.74, 6) is 0. The summed E-state index contributed by atoms with van der Waals surface area (Å²) in [7, 11) is 0. The number of halogens is 1. The highest BCUT2D eigenvalue weighted by molar-refractivity contribution is 6.24. The monoisotopic (exact) mass is 104 g/mol. The maximum atomic E-state index is 5.80. The first-order chi connectivity index (χ1) is 2.71. The fraction of sp³-hybridized carbons (Fsp3) is 1.00. The van der Waals surface area contributed by atoms with Crippen LogP contribution >= 0.6 is 11.6 Å². The maximum Gasteiger partial charge on any atom is 0.0418 e. The lowest BCUT2D eigenvalue weighted by molar-refractivity contribution is 0.382. The van der Waals surface area contributed by atoms with E-state index in [1.165, 1.54) is 19.3 Å². The molecule has 1 aliphatic carbocycles. The van der Waals surface area contributed by atoms with Crippen LogP contribution in [0.25, 0.3) is 0 Å². The Balaban J connectivity index is 2.31. The van der Waals surface area contributed by atoms with Gasteiger partial charge in [0.25, 0.3) is 0 Å². The van der Waals surface area contributed by atoms with E-state index < -0.39 is 0 Å². The molecule has 0 unspecified atom stereocenters. The first-order valence-corrected chi connectivity index (χ1v) is 2.77. The summed E-state index contributed by atoms with van der Waals surface area (Å²) in [4.78, 5) is 0.194. The predicted octanol–water partition coefficient (Wildman–Crippen LogP) is 2.17. The molecule has 6 heavy (non-hydrogen) atoms. The third-order valence-electron chi connectivity index (χ3n) is 1.40. The molecular formula is C5H9Cl. The highest BCUT2D eigenvalue weighted by Gasteiger charge is 2.28. The number of hydrogen-bond acceptors (Lipinski definition) is 0. The van der Waals surface area contributed by atoms with Gasteiger partial charge in [0.15, 0.2) is 0 Å². The Kier molecular flexibility index (Phi) is 0.836. The van der Waals surface area contributed by atoms with Gasteiger partial charge in [0.05, 0.1) is 0 Å². The molecule has 36 valence electrons. The first kappa shape index (κ1) is 4.45. The molecule has 0 radical (unpaired) electrons. The molecule has 1 fully saturated rings. The summed E-state index contributed by atoms with van der Waals surface area (Å²) in [5, 5.41) is 0. The molecule has 0 heterocycles. The van der Waals surface area contributed by atoms with Crippen LogP contribution in [0.15, 0.2) is 0 Å². The van der Waals surface area contributed by atoms with Crippen LogP contribution in [-0.2, 0) is 0 Å². The maximum absolute atomic E-state index is 5.80. The van der Waals surface area contributed by atoms with E-state index in [1.807, 2.05) is 0 Å². The zero-order chi connectivity index (χ0) is 4.62. The second kappa shape index (κ2) is 1.13. The summed E-state index contributed by atoms with van der Waals surface area (Å²) in [6, 6.07) is 0. The average Bonchev–Trinajstić information content (AvgIpc) is 1.32.